The number of benzene rings is 3. The first-order valence-corrected chi connectivity index (χ1v) is 12.3. The number of carbonyl (C=O) groups excluding carboxylic acids is 2. The number of rotatable bonds is 6. The molecule has 7 nitrogen and oxygen atoms in total. The van der Waals surface area contributed by atoms with Gasteiger partial charge in [-0.2, -0.15) is 18.3 Å². The number of nitrogens with one attached hydrogen (secondary N) is 1. The van der Waals surface area contributed by atoms with Crippen LogP contribution in [0.25, 0.3) is 16.9 Å². The number of hydrogen-bond donors (Lipinski definition) is 1. The van der Waals surface area contributed by atoms with Crippen molar-refractivity contribution in [2.45, 2.75) is 6.18 Å². The van der Waals surface area contributed by atoms with E-state index >= 15 is 0 Å². The summed E-state index contributed by atoms with van der Waals surface area (Å²) in [5.41, 5.74) is -1.33. The quantitative estimate of drug-likeness (QED) is 0.213. The number of ketones is 1. The van der Waals surface area contributed by atoms with Crippen LogP contribution in [0.1, 0.15) is 32.1 Å². The maximum Gasteiger partial charge on any atom is 0.433 e. The highest BCUT2D eigenvalue weighted by molar-refractivity contribution is 6.37. The summed E-state index contributed by atoms with van der Waals surface area (Å²) in [6.45, 7) is 0. The lowest BCUT2D eigenvalue weighted by molar-refractivity contribution is -0.142. The molecule has 2 aromatic heterocycles. The highest BCUT2D eigenvalue weighted by atomic mass is 35.5. The number of fused-ring (bicyclic) bond motifs is 1. The van der Waals surface area contributed by atoms with Gasteiger partial charge in [0.1, 0.15) is 10.8 Å². The molecule has 1 amide bonds. The first-order valence-electron chi connectivity index (χ1n) is 11.6. The molecule has 0 fully saturated rings. The number of halogens is 5. The van der Waals surface area contributed by atoms with Crippen molar-refractivity contribution in [2.75, 3.05) is 12.4 Å². The van der Waals surface area contributed by atoms with Crippen LogP contribution in [-0.4, -0.2) is 33.4 Å². The predicted molar refractivity (Wildman–Crippen MR) is 144 cm³/mol. The van der Waals surface area contributed by atoms with Crippen molar-refractivity contribution in [1.29, 1.82) is 0 Å². The first kappa shape index (κ1) is 27.2. The standard InChI is InChI=1S/C28H17Cl2F3N4O3/c1-40-18-9-5-8-16(12-18)21-14-22(28(31,32)33)37-26(34-21)23(30)24(36-37)27(39)35-20-11-10-17(29)13-19(20)25(38)15-6-3-2-4-7-15/h2-14H,1H3,(H,35,39). The van der Waals surface area contributed by atoms with E-state index in [4.69, 9.17) is 27.9 Å². The Morgan fingerprint density at radius 2 is 1.70 bits per heavy atom. The summed E-state index contributed by atoms with van der Waals surface area (Å²) in [5.74, 6) is -0.962. The van der Waals surface area contributed by atoms with E-state index in [2.05, 4.69) is 15.4 Å². The Labute approximate surface area is 235 Å². The zero-order valence-electron chi connectivity index (χ0n) is 20.5. The van der Waals surface area contributed by atoms with Crippen molar-refractivity contribution in [1.82, 2.24) is 14.6 Å². The minimum absolute atomic E-state index is 0.0547. The van der Waals surface area contributed by atoms with Crippen molar-refractivity contribution in [3.05, 3.63) is 111 Å². The number of alkyl halides is 3. The lowest BCUT2D eigenvalue weighted by Gasteiger charge is -2.11. The summed E-state index contributed by atoms with van der Waals surface area (Å²) >= 11 is 12.5. The molecule has 0 bridgehead atoms. The Hall–Kier alpha value is -4.41. The molecule has 0 saturated carbocycles. The first-order chi connectivity index (χ1) is 19.1. The van der Waals surface area contributed by atoms with Crippen LogP contribution in [0.2, 0.25) is 10.0 Å². The van der Waals surface area contributed by atoms with Crippen molar-refractivity contribution >= 4 is 46.2 Å². The second-order valence-corrected chi connectivity index (χ2v) is 9.31. The van der Waals surface area contributed by atoms with E-state index < -0.39 is 34.3 Å². The van der Waals surface area contributed by atoms with E-state index in [0.29, 0.717) is 21.4 Å². The Balaban J connectivity index is 1.58. The maximum absolute atomic E-state index is 14.1. The monoisotopic (exact) mass is 584 g/mol. The topological polar surface area (TPSA) is 85.6 Å². The molecule has 0 atom stereocenters. The van der Waals surface area contributed by atoms with Gasteiger partial charge in [0.25, 0.3) is 5.91 Å². The fourth-order valence-electron chi connectivity index (χ4n) is 4.01. The van der Waals surface area contributed by atoms with Crippen LogP contribution in [-0.2, 0) is 6.18 Å². The SMILES string of the molecule is COc1cccc(-c2cc(C(F)(F)F)n3nc(C(=O)Nc4ccc(Cl)cc4C(=O)c4ccccc4)c(Cl)c3n2)c1. The number of ether oxygens (including phenoxy) is 1. The van der Waals surface area contributed by atoms with Crippen LogP contribution in [0.5, 0.6) is 5.75 Å². The average molecular weight is 585 g/mol. The largest absolute Gasteiger partial charge is 0.497 e. The van der Waals surface area contributed by atoms with Gasteiger partial charge in [-0.1, -0.05) is 65.7 Å². The molecule has 0 unspecified atom stereocenters. The second-order valence-electron chi connectivity index (χ2n) is 8.49. The van der Waals surface area contributed by atoms with Crippen molar-refractivity contribution in [3.8, 4) is 17.0 Å². The molecule has 0 aliphatic heterocycles. The molecule has 0 spiro atoms. The molecule has 5 aromatic rings. The molecule has 2 heterocycles. The van der Waals surface area contributed by atoms with E-state index in [-0.39, 0.29) is 27.6 Å². The Kier molecular flexibility index (Phi) is 7.22. The van der Waals surface area contributed by atoms with E-state index in [1.807, 2.05) is 0 Å². The number of methoxy groups -OCH3 is 1. The van der Waals surface area contributed by atoms with Crippen LogP contribution in [0, 0.1) is 0 Å². The smallest absolute Gasteiger partial charge is 0.433 e. The fraction of sp³-hybridized carbons (Fsp3) is 0.0714. The van der Waals surface area contributed by atoms with Crippen molar-refractivity contribution in [3.63, 3.8) is 0 Å². The van der Waals surface area contributed by atoms with E-state index in [9.17, 15) is 22.8 Å². The third kappa shape index (κ3) is 5.23. The molecule has 0 radical (unpaired) electrons. The van der Waals surface area contributed by atoms with Gasteiger partial charge in [0.05, 0.1) is 18.5 Å². The van der Waals surface area contributed by atoms with Crippen LogP contribution in [0.15, 0.2) is 78.9 Å². The Morgan fingerprint density at radius 3 is 2.40 bits per heavy atom. The summed E-state index contributed by atoms with van der Waals surface area (Å²) in [4.78, 5) is 30.6. The number of anilines is 1. The molecule has 0 aliphatic rings. The third-order valence-corrected chi connectivity index (χ3v) is 6.50. The maximum atomic E-state index is 14.1. The van der Waals surface area contributed by atoms with Gasteiger partial charge in [-0.15, -0.1) is 0 Å². The highest BCUT2D eigenvalue weighted by Crippen LogP contribution is 2.35. The van der Waals surface area contributed by atoms with Gasteiger partial charge < -0.3 is 10.1 Å². The minimum atomic E-state index is -4.86. The second kappa shape index (κ2) is 10.6. The molecule has 1 N–H and O–H groups in total. The molecular weight excluding hydrogens is 568 g/mol. The molecule has 0 saturated heterocycles. The van der Waals surface area contributed by atoms with Gasteiger partial charge in [-0.3, -0.25) is 9.59 Å². The van der Waals surface area contributed by atoms with E-state index in [0.717, 1.165) is 6.07 Å². The summed E-state index contributed by atoms with van der Waals surface area (Å²) in [7, 11) is 1.43. The van der Waals surface area contributed by atoms with Gasteiger partial charge in [-0.05, 0) is 36.4 Å². The zero-order chi connectivity index (χ0) is 28.6. The van der Waals surface area contributed by atoms with Crippen LogP contribution in [0.4, 0.5) is 18.9 Å². The molecule has 202 valence electrons. The van der Waals surface area contributed by atoms with E-state index in [1.165, 1.54) is 31.4 Å². The number of carbonyl (C=O) groups is 2. The lowest BCUT2D eigenvalue weighted by Crippen LogP contribution is -2.17. The predicted octanol–water partition coefficient (Wildman–Crippen LogP) is 7.21. The molecule has 0 aliphatic carbocycles. The molecule has 5 rings (SSSR count). The van der Waals surface area contributed by atoms with E-state index in [1.54, 1.807) is 48.5 Å². The summed E-state index contributed by atoms with van der Waals surface area (Å²) in [6.07, 6.45) is -4.86. The fourth-order valence-corrected chi connectivity index (χ4v) is 4.43. The third-order valence-electron chi connectivity index (χ3n) is 5.91. The van der Waals surface area contributed by atoms with Gasteiger partial charge in [0.15, 0.2) is 22.8 Å². The van der Waals surface area contributed by atoms with Crippen molar-refractivity contribution in [2.24, 2.45) is 0 Å². The minimum Gasteiger partial charge on any atom is -0.497 e. The van der Waals surface area contributed by atoms with Crippen LogP contribution < -0.4 is 10.1 Å². The normalized spacial score (nSPS) is 11.4. The number of hydrogen-bond acceptors (Lipinski definition) is 5. The summed E-state index contributed by atoms with van der Waals surface area (Å²) in [6, 6.07) is 19.6. The van der Waals surface area contributed by atoms with Gasteiger partial charge >= 0.3 is 6.18 Å². The molecular formula is C28H17Cl2F3N4O3. The highest BCUT2D eigenvalue weighted by Gasteiger charge is 2.37. The molecule has 12 heteroatoms. The Bertz CT molecular complexity index is 1770. The number of aromatic nitrogens is 3. The zero-order valence-corrected chi connectivity index (χ0v) is 22.0. The summed E-state index contributed by atoms with van der Waals surface area (Å²) in [5, 5.41) is 6.21. The van der Waals surface area contributed by atoms with Gasteiger partial charge in [-0.25, -0.2) is 9.50 Å². The molecule has 3 aromatic carbocycles. The van der Waals surface area contributed by atoms with Crippen LogP contribution in [0.3, 0.4) is 0 Å². The Morgan fingerprint density at radius 1 is 0.950 bits per heavy atom. The van der Waals surface area contributed by atoms with Crippen molar-refractivity contribution < 1.29 is 27.5 Å². The van der Waals surface area contributed by atoms with Gasteiger partial charge in [0, 0.05) is 21.7 Å². The summed E-state index contributed by atoms with van der Waals surface area (Å²) < 4.78 is 47.9. The lowest BCUT2D eigenvalue weighted by atomic mass is 10.0. The van der Waals surface area contributed by atoms with Gasteiger partial charge in [0.2, 0.25) is 0 Å². The molecule has 40 heavy (non-hydrogen) atoms. The number of amides is 1. The number of nitrogens with zero attached hydrogens (tertiary/aromatic N) is 3. The average Bonchev–Trinajstić information content (AvgIpc) is 3.29. The van der Waals surface area contributed by atoms with Crippen LogP contribution >= 0.6 is 23.2 Å².